The van der Waals surface area contributed by atoms with Crippen LogP contribution in [0, 0.1) is 0 Å². The van der Waals surface area contributed by atoms with Crippen LogP contribution in [0.3, 0.4) is 0 Å². The molecule has 1 atom stereocenters. The summed E-state index contributed by atoms with van der Waals surface area (Å²) in [5.74, 6) is 1.29. The summed E-state index contributed by atoms with van der Waals surface area (Å²) in [4.78, 5) is 2.41. The zero-order valence-corrected chi connectivity index (χ0v) is 18.5. The van der Waals surface area contributed by atoms with Gasteiger partial charge in [-0.05, 0) is 75.6 Å². The molecule has 1 saturated heterocycles. The van der Waals surface area contributed by atoms with Crippen LogP contribution in [0.15, 0.2) is 42.1 Å². The molecule has 0 amide bonds. The van der Waals surface area contributed by atoms with E-state index in [0.717, 1.165) is 48.8 Å². The Bertz CT molecular complexity index is 669. The minimum Gasteiger partial charge on any atom is -0.481 e. The number of rotatable bonds is 9. The lowest BCUT2D eigenvalue weighted by Crippen LogP contribution is -2.43. The topological polar surface area (TPSA) is 12.5 Å². The minimum absolute atomic E-state index is 0.348. The lowest BCUT2D eigenvalue weighted by Gasteiger charge is -2.40. The Labute approximate surface area is 171 Å². The van der Waals surface area contributed by atoms with E-state index in [1.165, 1.54) is 24.0 Å². The van der Waals surface area contributed by atoms with Crippen LogP contribution >= 0.6 is 11.6 Å². The summed E-state index contributed by atoms with van der Waals surface area (Å²) in [6, 6.07) is 6.04. The number of halogens is 1. The highest BCUT2D eigenvalue weighted by molar-refractivity contribution is 6.30. The van der Waals surface area contributed by atoms with E-state index in [2.05, 4.69) is 58.2 Å². The molecule has 1 aliphatic heterocycles. The fourth-order valence-corrected chi connectivity index (χ4v) is 4.24. The third-order valence-electron chi connectivity index (χ3n) is 6.08. The first kappa shape index (κ1) is 21.9. The van der Waals surface area contributed by atoms with E-state index >= 15 is 0 Å². The van der Waals surface area contributed by atoms with Crippen LogP contribution in [0.25, 0.3) is 0 Å². The Kier molecular flexibility index (Phi) is 7.85. The van der Waals surface area contributed by atoms with Crippen LogP contribution < -0.4 is 4.74 Å². The summed E-state index contributed by atoms with van der Waals surface area (Å²) < 4.78 is 6.78. The summed E-state index contributed by atoms with van der Waals surface area (Å²) >= 11 is 6.34. The number of allylic oxidation sites excluding steroid dienone is 2. The zero-order valence-electron chi connectivity index (χ0n) is 17.8. The van der Waals surface area contributed by atoms with E-state index in [1.54, 1.807) is 0 Å². The largest absolute Gasteiger partial charge is 0.481 e. The molecule has 0 radical (unpaired) electrons. The van der Waals surface area contributed by atoms with Gasteiger partial charge in [-0.2, -0.15) is 0 Å². The molecule has 1 aromatic rings. The summed E-state index contributed by atoms with van der Waals surface area (Å²) in [6.07, 6.45) is 7.49. The van der Waals surface area contributed by atoms with Gasteiger partial charge in [0.25, 0.3) is 0 Å². The minimum atomic E-state index is -0.359. The number of likely N-dealkylation sites (tertiary alicyclic amines) is 1. The normalized spacial score (nSPS) is 16.5. The van der Waals surface area contributed by atoms with Crippen LogP contribution in [0.4, 0.5) is 0 Å². The Morgan fingerprint density at radius 3 is 2.48 bits per heavy atom. The second-order valence-electron chi connectivity index (χ2n) is 7.87. The Morgan fingerprint density at radius 2 is 1.93 bits per heavy atom. The highest BCUT2D eigenvalue weighted by Crippen LogP contribution is 2.39. The fraction of sp³-hybridized carbons (Fsp3) is 0.583. The van der Waals surface area contributed by atoms with Crippen LogP contribution in [0.5, 0.6) is 5.75 Å². The fourth-order valence-electron chi connectivity index (χ4n) is 4.06. The van der Waals surface area contributed by atoms with Crippen molar-refractivity contribution >= 4 is 11.6 Å². The van der Waals surface area contributed by atoms with Gasteiger partial charge < -0.3 is 9.64 Å². The van der Waals surface area contributed by atoms with E-state index in [9.17, 15) is 0 Å². The van der Waals surface area contributed by atoms with Crippen molar-refractivity contribution in [3.05, 3.63) is 52.7 Å². The van der Waals surface area contributed by atoms with Gasteiger partial charge >= 0.3 is 0 Å². The first-order valence-electron chi connectivity index (χ1n) is 10.4. The van der Waals surface area contributed by atoms with E-state index in [0.29, 0.717) is 5.92 Å². The molecule has 3 heteroatoms. The molecule has 1 fully saturated rings. The predicted octanol–water partition coefficient (Wildman–Crippen LogP) is 7.35. The summed E-state index contributed by atoms with van der Waals surface area (Å²) in [6.45, 7) is 17.6. The van der Waals surface area contributed by atoms with Crippen molar-refractivity contribution < 1.29 is 4.74 Å². The summed E-state index contributed by atoms with van der Waals surface area (Å²) in [5.41, 5.74) is 3.34. The van der Waals surface area contributed by atoms with Crippen molar-refractivity contribution in [2.45, 2.75) is 78.2 Å². The van der Waals surface area contributed by atoms with Crippen molar-refractivity contribution in [1.29, 1.82) is 0 Å². The standard InChI is InChI=1S/C24H36ClNO/c1-7-18(4)16-19(5)22-17-21(25)12-13-23(22)27-24(8-2,9-3)20(6)26-14-10-11-15-26/h7,12-13,17,19H,6,8-11,14-16H2,1-5H3/b18-7+. The van der Waals surface area contributed by atoms with Crippen LogP contribution in [-0.4, -0.2) is 23.6 Å². The van der Waals surface area contributed by atoms with E-state index in [1.807, 2.05) is 12.1 Å². The Balaban J connectivity index is 2.36. The molecule has 0 bridgehead atoms. The third kappa shape index (κ3) is 5.10. The van der Waals surface area contributed by atoms with Crippen LogP contribution in [-0.2, 0) is 0 Å². The molecule has 0 N–H and O–H groups in total. The molecule has 1 aromatic carbocycles. The lowest BCUT2D eigenvalue weighted by molar-refractivity contribution is 0.0679. The average molecular weight is 390 g/mol. The van der Waals surface area contributed by atoms with E-state index in [4.69, 9.17) is 16.3 Å². The number of hydrogen-bond donors (Lipinski definition) is 0. The molecule has 0 spiro atoms. The first-order valence-corrected chi connectivity index (χ1v) is 10.8. The summed E-state index contributed by atoms with van der Waals surface area (Å²) in [7, 11) is 0. The van der Waals surface area contributed by atoms with Gasteiger partial charge in [0, 0.05) is 18.1 Å². The van der Waals surface area contributed by atoms with Gasteiger partial charge in [-0.1, -0.05) is 50.6 Å². The number of benzene rings is 1. The van der Waals surface area contributed by atoms with Gasteiger partial charge in [-0.25, -0.2) is 0 Å². The molecule has 0 saturated carbocycles. The monoisotopic (exact) mass is 389 g/mol. The zero-order chi connectivity index (χ0) is 20.0. The second kappa shape index (κ2) is 9.68. The molecular weight excluding hydrogens is 354 g/mol. The maximum atomic E-state index is 6.78. The number of ether oxygens (including phenoxy) is 1. The molecule has 0 aromatic heterocycles. The highest BCUT2D eigenvalue weighted by atomic mass is 35.5. The average Bonchev–Trinajstić information content (AvgIpc) is 3.21. The van der Waals surface area contributed by atoms with Gasteiger partial charge in [0.15, 0.2) is 0 Å². The molecule has 1 heterocycles. The highest BCUT2D eigenvalue weighted by Gasteiger charge is 2.36. The van der Waals surface area contributed by atoms with Gasteiger partial charge in [0.05, 0.1) is 5.70 Å². The number of hydrogen-bond acceptors (Lipinski definition) is 2. The van der Waals surface area contributed by atoms with Gasteiger partial charge in [-0.3, -0.25) is 0 Å². The molecule has 150 valence electrons. The smallest absolute Gasteiger partial charge is 0.147 e. The van der Waals surface area contributed by atoms with Gasteiger partial charge in [-0.15, -0.1) is 0 Å². The summed E-state index contributed by atoms with van der Waals surface area (Å²) in [5, 5.41) is 0.763. The maximum absolute atomic E-state index is 6.78. The van der Waals surface area contributed by atoms with E-state index < -0.39 is 0 Å². The first-order chi connectivity index (χ1) is 12.9. The third-order valence-corrected chi connectivity index (χ3v) is 6.32. The molecule has 0 aliphatic carbocycles. The van der Waals surface area contributed by atoms with Crippen molar-refractivity contribution in [3.8, 4) is 5.75 Å². The van der Waals surface area contributed by atoms with Crippen molar-refractivity contribution in [2.75, 3.05) is 13.1 Å². The molecule has 1 aliphatic rings. The van der Waals surface area contributed by atoms with Crippen molar-refractivity contribution in [2.24, 2.45) is 0 Å². The molecular formula is C24H36ClNO. The predicted molar refractivity (Wildman–Crippen MR) is 118 cm³/mol. The van der Waals surface area contributed by atoms with Gasteiger partial charge in [0.2, 0.25) is 0 Å². The number of nitrogens with zero attached hydrogens (tertiary/aromatic N) is 1. The van der Waals surface area contributed by atoms with Crippen LogP contribution in [0.1, 0.15) is 78.2 Å². The van der Waals surface area contributed by atoms with Crippen molar-refractivity contribution in [1.82, 2.24) is 4.90 Å². The molecule has 2 nitrogen and oxygen atoms in total. The molecule has 1 unspecified atom stereocenters. The van der Waals surface area contributed by atoms with E-state index in [-0.39, 0.29) is 5.60 Å². The SMILES string of the molecule is C=C(N1CCCC1)C(CC)(CC)Oc1ccc(Cl)cc1C(C)C/C(C)=C/C. The lowest BCUT2D eigenvalue weighted by atomic mass is 9.90. The Morgan fingerprint density at radius 1 is 1.30 bits per heavy atom. The van der Waals surface area contributed by atoms with Gasteiger partial charge in [0.1, 0.15) is 11.4 Å². The van der Waals surface area contributed by atoms with Crippen molar-refractivity contribution in [3.63, 3.8) is 0 Å². The second-order valence-corrected chi connectivity index (χ2v) is 8.30. The quantitative estimate of drug-likeness (QED) is 0.409. The molecule has 27 heavy (non-hydrogen) atoms. The van der Waals surface area contributed by atoms with Crippen LogP contribution in [0.2, 0.25) is 5.02 Å². The maximum Gasteiger partial charge on any atom is 0.147 e. The molecule has 2 rings (SSSR count). The Hall–Kier alpha value is -1.41.